The molecule has 1 saturated heterocycles. The molecule has 4 rings (SSSR count). The second kappa shape index (κ2) is 10.2. The van der Waals surface area contributed by atoms with Crippen molar-refractivity contribution in [1.29, 1.82) is 0 Å². The van der Waals surface area contributed by atoms with Gasteiger partial charge in [-0.15, -0.1) is 0 Å². The summed E-state index contributed by atoms with van der Waals surface area (Å²) in [6.07, 6.45) is 2.41. The van der Waals surface area contributed by atoms with Gasteiger partial charge in [0.05, 0.1) is 15.9 Å². The number of alkyl halides is 2. The van der Waals surface area contributed by atoms with Gasteiger partial charge in [-0.3, -0.25) is 9.36 Å². The minimum Gasteiger partial charge on any atom is -0.355 e. The standard InChI is InChI=1S/C24H28F2N4O3S/c1-17(23-28-20-6-2-3-7-21(20)30(23)24(25)26)16-27-22(31)13-10-18-8-11-19(12-9-18)34(32,33)29-14-4-5-15-29/h2-3,6-9,11-12,17,24H,4-5,10,13-16H2,1H3,(H,27,31)/t17-/m0/s1. The SMILES string of the molecule is C[C@@H](CNC(=O)CCc1ccc(S(=O)(=O)N2CCCC2)cc1)c1nc2ccccc2n1C(F)F. The number of para-hydroxylation sites is 2. The van der Waals surface area contributed by atoms with Crippen molar-refractivity contribution in [2.45, 2.75) is 50.0 Å². The van der Waals surface area contributed by atoms with Gasteiger partial charge in [0, 0.05) is 32.0 Å². The molecular formula is C24H28F2N4O3S. The van der Waals surface area contributed by atoms with Gasteiger partial charge in [-0.05, 0) is 49.1 Å². The van der Waals surface area contributed by atoms with Crippen LogP contribution in [0.2, 0.25) is 0 Å². The summed E-state index contributed by atoms with van der Waals surface area (Å²) >= 11 is 0. The van der Waals surface area contributed by atoms with Crippen LogP contribution in [0.25, 0.3) is 11.0 Å². The lowest BCUT2D eigenvalue weighted by Gasteiger charge is -2.16. The maximum absolute atomic E-state index is 13.6. The molecule has 1 aromatic heterocycles. The summed E-state index contributed by atoms with van der Waals surface area (Å²) in [6, 6.07) is 13.3. The average molecular weight is 491 g/mol. The zero-order valence-electron chi connectivity index (χ0n) is 19.0. The third-order valence-electron chi connectivity index (χ3n) is 6.13. The topological polar surface area (TPSA) is 84.3 Å². The Morgan fingerprint density at radius 2 is 1.76 bits per heavy atom. The highest BCUT2D eigenvalue weighted by Gasteiger charge is 2.27. The summed E-state index contributed by atoms with van der Waals surface area (Å²) in [5, 5.41) is 2.79. The second-order valence-electron chi connectivity index (χ2n) is 8.57. The van der Waals surface area contributed by atoms with Crippen molar-refractivity contribution < 1.29 is 22.0 Å². The number of nitrogens with one attached hydrogen (secondary N) is 1. The molecule has 1 N–H and O–H groups in total. The minimum absolute atomic E-state index is 0.182. The highest BCUT2D eigenvalue weighted by atomic mass is 32.2. The quantitative estimate of drug-likeness (QED) is 0.490. The van der Waals surface area contributed by atoms with Crippen LogP contribution in [0.5, 0.6) is 0 Å². The van der Waals surface area contributed by atoms with Crippen LogP contribution in [0.4, 0.5) is 8.78 Å². The fourth-order valence-corrected chi connectivity index (χ4v) is 5.74. The third-order valence-corrected chi connectivity index (χ3v) is 8.04. The van der Waals surface area contributed by atoms with Crippen LogP contribution in [0.1, 0.15) is 50.0 Å². The van der Waals surface area contributed by atoms with Crippen molar-refractivity contribution in [1.82, 2.24) is 19.2 Å². The summed E-state index contributed by atoms with van der Waals surface area (Å²) < 4.78 is 54.9. The molecule has 0 spiro atoms. The van der Waals surface area contributed by atoms with Crippen LogP contribution in [0.3, 0.4) is 0 Å². The van der Waals surface area contributed by atoms with Crippen molar-refractivity contribution in [2.24, 2.45) is 0 Å². The Balaban J connectivity index is 1.32. The van der Waals surface area contributed by atoms with Crippen LogP contribution in [-0.4, -0.2) is 47.8 Å². The zero-order valence-corrected chi connectivity index (χ0v) is 19.8. The van der Waals surface area contributed by atoms with E-state index in [0.29, 0.717) is 30.5 Å². The molecule has 1 fully saturated rings. The average Bonchev–Trinajstić information content (AvgIpc) is 3.50. The third kappa shape index (κ3) is 5.12. The Bertz CT molecular complexity index is 1250. The molecule has 182 valence electrons. The molecule has 1 aliphatic heterocycles. The maximum Gasteiger partial charge on any atom is 0.320 e. The number of benzene rings is 2. The maximum atomic E-state index is 13.6. The van der Waals surface area contributed by atoms with E-state index in [1.807, 2.05) is 0 Å². The van der Waals surface area contributed by atoms with E-state index in [9.17, 15) is 22.0 Å². The molecule has 0 unspecified atom stereocenters. The minimum atomic E-state index is -3.46. The number of hydrogen-bond acceptors (Lipinski definition) is 4. The van der Waals surface area contributed by atoms with Gasteiger partial charge in [-0.2, -0.15) is 13.1 Å². The normalized spacial score (nSPS) is 15.8. The van der Waals surface area contributed by atoms with Crippen LogP contribution in [-0.2, 0) is 21.2 Å². The van der Waals surface area contributed by atoms with E-state index >= 15 is 0 Å². The van der Waals surface area contributed by atoms with Gasteiger partial charge in [0.2, 0.25) is 15.9 Å². The Morgan fingerprint density at radius 3 is 2.44 bits per heavy atom. The van der Waals surface area contributed by atoms with Crippen molar-refractivity contribution >= 4 is 27.0 Å². The number of nitrogens with zero attached hydrogens (tertiary/aromatic N) is 3. The number of carbonyl (C=O) groups excluding carboxylic acids is 1. The highest BCUT2D eigenvalue weighted by Crippen LogP contribution is 2.27. The predicted octanol–water partition coefficient (Wildman–Crippen LogP) is 4.07. The molecule has 2 aromatic carbocycles. The zero-order chi connectivity index (χ0) is 24.3. The summed E-state index contributed by atoms with van der Waals surface area (Å²) in [4.78, 5) is 17.0. The first-order valence-corrected chi connectivity index (χ1v) is 12.8. The number of aromatic nitrogens is 2. The number of halogens is 2. The number of amides is 1. The molecule has 3 aromatic rings. The van der Waals surface area contributed by atoms with E-state index in [0.717, 1.165) is 23.0 Å². The van der Waals surface area contributed by atoms with E-state index in [4.69, 9.17) is 0 Å². The van der Waals surface area contributed by atoms with E-state index in [1.165, 1.54) is 4.31 Å². The second-order valence-corrected chi connectivity index (χ2v) is 10.5. The molecule has 2 heterocycles. The molecule has 0 radical (unpaired) electrons. The van der Waals surface area contributed by atoms with Crippen molar-refractivity contribution in [2.75, 3.05) is 19.6 Å². The van der Waals surface area contributed by atoms with E-state index in [-0.39, 0.29) is 29.6 Å². The molecule has 34 heavy (non-hydrogen) atoms. The molecule has 1 aliphatic rings. The first kappa shape index (κ1) is 24.3. The summed E-state index contributed by atoms with van der Waals surface area (Å²) in [6.45, 7) is 0.312. The first-order chi connectivity index (χ1) is 16.3. The number of sulfonamides is 1. The highest BCUT2D eigenvalue weighted by molar-refractivity contribution is 7.89. The molecular weight excluding hydrogens is 462 g/mol. The smallest absolute Gasteiger partial charge is 0.320 e. The number of carbonyl (C=O) groups is 1. The summed E-state index contributed by atoms with van der Waals surface area (Å²) in [5.74, 6) is -0.382. The van der Waals surface area contributed by atoms with Crippen LogP contribution in [0.15, 0.2) is 53.4 Å². The Kier molecular flexibility index (Phi) is 7.27. The number of aryl methyl sites for hydroxylation is 1. The lowest BCUT2D eigenvalue weighted by atomic mass is 10.1. The molecule has 0 saturated carbocycles. The number of rotatable bonds is 9. The van der Waals surface area contributed by atoms with Gasteiger partial charge in [-0.25, -0.2) is 13.4 Å². The number of imidazole rings is 1. The Hall–Kier alpha value is -2.85. The van der Waals surface area contributed by atoms with Gasteiger partial charge in [0.1, 0.15) is 5.82 Å². The molecule has 7 nitrogen and oxygen atoms in total. The molecule has 1 amide bonds. The van der Waals surface area contributed by atoms with Gasteiger partial charge in [0.25, 0.3) is 0 Å². The van der Waals surface area contributed by atoms with Gasteiger partial charge in [0.15, 0.2) is 0 Å². The summed E-state index contributed by atoms with van der Waals surface area (Å²) in [5.41, 5.74) is 1.70. The summed E-state index contributed by atoms with van der Waals surface area (Å²) in [7, 11) is -3.46. The van der Waals surface area contributed by atoms with Crippen LogP contribution in [0, 0.1) is 0 Å². The van der Waals surface area contributed by atoms with E-state index < -0.39 is 22.5 Å². The lowest BCUT2D eigenvalue weighted by molar-refractivity contribution is -0.121. The fourth-order valence-electron chi connectivity index (χ4n) is 4.23. The van der Waals surface area contributed by atoms with Crippen molar-refractivity contribution in [3.05, 3.63) is 59.9 Å². The van der Waals surface area contributed by atoms with Crippen molar-refractivity contribution in [3.8, 4) is 0 Å². The Labute approximate surface area is 197 Å². The Morgan fingerprint density at radius 1 is 1.09 bits per heavy atom. The lowest BCUT2D eigenvalue weighted by Crippen LogP contribution is -2.29. The van der Waals surface area contributed by atoms with Gasteiger partial charge >= 0.3 is 6.55 Å². The van der Waals surface area contributed by atoms with E-state index in [2.05, 4.69) is 10.3 Å². The first-order valence-electron chi connectivity index (χ1n) is 11.4. The van der Waals surface area contributed by atoms with Gasteiger partial charge < -0.3 is 5.32 Å². The number of hydrogen-bond donors (Lipinski definition) is 1. The largest absolute Gasteiger partial charge is 0.355 e. The fraction of sp³-hybridized carbons (Fsp3) is 0.417. The van der Waals surface area contributed by atoms with Crippen molar-refractivity contribution in [3.63, 3.8) is 0 Å². The van der Waals surface area contributed by atoms with E-state index in [1.54, 1.807) is 55.5 Å². The number of fused-ring (bicyclic) bond motifs is 1. The molecule has 1 atom stereocenters. The molecule has 10 heteroatoms. The van der Waals surface area contributed by atoms with Crippen LogP contribution < -0.4 is 5.32 Å². The van der Waals surface area contributed by atoms with Crippen LogP contribution >= 0.6 is 0 Å². The van der Waals surface area contributed by atoms with Gasteiger partial charge in [-0.1, -0.05) is 31.2 Å². The molecule has 0 bridgehead atoms. The predicted molar refractivity (Wildman–Crippen MR) is 125 cm³/mol. The monoisotopic (exact) mass is 490 g/mol. The molecule has 0 aliphatic carbocycles.